The topological polar surface area (TPSA) is 52.6 Å². The predicted octanol–water partition coefficient (Wildman–Crippen LogP) is 4.77. The zero-order valence-electron chi connectivity index (χ0n) is 15.3. The number of hydrogen-bond acceptors (Lipinski definition) is 4. The number of fused-ring (bicyclic) bond motifs is 4. The van der Waals surface area contributed by atoms with Gasteiger partial charge in [0.25, 0.3) is 6.29 Å². The number of carbonyl (C=O) groups is 2. The lowest BCUT2D eigenvalue weighted by atomic mass is 9.96. The molecule has 28 heavy (non-hydrogen) atoms. The molecule has 0 spiro atoms. The van der Waals surface area contributed by atoms with Gasteiger partial charge in [0.1, 0.15) is 0 Å². The van der Waals surface area contributed by atoms with Gasteiger partial charge in [-0.1, -0.05) is 60.7 Å². The average Bonchev–Trinajstić information content (AvgIpc) is 3.25. The van der Waals surface area contributed by atoms with Crippen molar-refractivity contribution in [2.45, 2.75) is 25.6 Å². The third-order valence-electron chi connectivity index (χ3n) is 5.54. The first-order valence-electron chi connectivity index (χ1n) is 9.33. The van der Waals surface area contributed by atoms with Gasteiger partial charge < -0.3 is 9.47 Å². The van der Waals surface area contributed by atoms with Crippen molar-refractivity contribution >= 4 is 11.9 Å². The SMILES string of the molecule is CC(C(=O)OC1OC(=O)c2ccccc21)c1ccc2c(c1)Cc1ccccc1-2. The molecule has 138 valence electrons. The first kappa shape index (κ1) is 16.8. The molecule has 4 nitrogen and oxygen atoms in total. The lowest BCUT2D eigenvalue weighted by molar-refractivity contribution is -0.169. The Morgan fingerprint density at radius 2 is 1.68 bits per heavy atom. The molecule has 0 aromatic heterocycles. The molecule has 2 unspecified atom stereocenters. The van der Waals surface area contributed by atoms with E-state index in [1.54, 1.807) is 24.3 Å². The zero-order chi connectivity index (χ0) is 19.3. The molecule has 0 saturated heterocycles. The number of esters is 2. The molecule has 0 radical (unpaired) electrons. The maximum Gasteiger partial charge on any atom is 0.342 e. The third kappa shape index (κ3) is 2.61. The molecule has 4 heteroatoms. The highest BCUT2D eigenvalue weighted by molar-refractivity contribution is 5.94. The van der Waals surface area contributed by atoms with Gasteiger partial charge in [-0.3, -0.25) is 4.79 Å². The third-order valence-corrected chi connectivity index (χ3v) is 5.54. The van der Waals surface area contributed by atoms with Crippen LogP contribution in [0.15, 0.2) is 66.7 Å². The highest BCUT2D eigenvalue weighted by Crippen LogP contribution is 2.38. The normalized spacial score (nSPS) is 17.3. The van der Waals surface area contributed by atoms with E-state index in [0.717, 1.165) is 12.0 Å². The van der Waals surface area contributed by atoms with Crippen LogP contribution in [0.5, 0.6) is 0 Å². The summed E-state index contributed by atoms with van der Waals surface area (Å²) in [6.07, 6.45) is -0.105. The fourth-order valence-corrected chi connectivity index (χ4v) is 3.98. The molecule has 1 heterocycles. The molecule has 0 fully saturated rings. The van der Waals surface area contributed by atoms with E-state index >= 15 is 0 Å². The molecule has 1 aliphatic heterocycles. The Balaban J connectivity index is 1.36. The van der Waals surface area contributed by atoms with Crippen molar-refractivity contribution in [1.29, 1.82) is 0 Å². The molecule has 5 rings (SSSR count). The first-order chi connectivity index (χ1) is 13.6. The molecule has 3 aromatic carbocycles. The Kier molecular flexibility index (Phi) is 3.79. The summed E-state index contributed by atoms with van der Waals surface area (Å²) < 4.78 is 10.7. The highest BCUT2D eigenvalue weighted by atomic mass is 16.7. The van der Waals surface area contributed by atoms with Crippen LogP contribution >= 0.6 is 0 Å². The number of benzene rings is 3. The van der Waals surface area contributed by atoms with Crippen molar-refractivity contribution in [3.63, 3.8) is 0 Å². The van der Waals surface area contributed by atoms with E-state index in [0.29, 0.717) is 11.1 Å². The standard InChI is InChI=1S/C24H18O4/c1-14(22(25)27-24-21-9-5-4-8-20(21)23(26)28-24)15-10-11-19-17(12-15)13-16-6-2-3-7-18(16)19/h2-12,14,24H,13H2,1H3. The molecule has 0 N–H and O–H groups in total. The van der Waals surface area contributed by atoms with Crippen LogP contribution in [0.4, 0.5) is 0 Å². The zero-order valence-corrected chi connectivity index (χ0v) is 15.3. The Morgan fingerprint density at radius 3 is 2.54 bits per heavy atom. The molecule has 0 amide bonds. The molecule has 2 atom stereocenters. The predicted molar refractivity (Wildman–Crippen MR) is 104 cm³/mol. The monoisotopic (exact) mass is 370 g/mol. The van der Waals surface area contributed by atoms with Gasteiger partial charge in [-0.2, -0.15) is 0 Å². The van der Waals surface area contributed by atoms with Gasteiger partial charge in [0.15, 0.2) is 0 Å². The number of rotatable bonds is 3. The fraction of sp³-hybridized carbons (Fsp3) is 0.167. The van der Waals surface area contributed by atoms with Crippen molar-refractivity contribution in [1.82, 2.24) is 0 Å². The Bertz CT molecular complexity index is 1120. The molecule has 3 aromatic rings. The van der Waals surface area contributed by atoms with Crippen LogP contribution in [0.2, 0.25) is 0 Å². The minimum absolute atomic E-state index is 0.412. The minimum atomic E-state index is -0.975. The summed E-state index contributed by atoms with van der Waals surface area (Å²) in [7, 11) is 0. The highest BCUT2D eigenvalue weighted by Gasteiger charge is 2.34. The van der Waals surface area contributed by atoms with Gasteiger partial charge in [-0.15, -0.1) is 0 Å². The van der Waals surface area contributed by atoms with Gasteiger partial charge in [-0.05, 0) is 47.2 Å². The molecule has 0 saturated carbocycles. The van der Waals surface area contributed by atoms with E-state index in [1.807, 2.05) is 25.1 Å². The quantitative estimate of drug-likeness (QED) is 0.487. The number of ether oxygens (including phenoxy) is 2. The van der Waals surface area contributed by atoms with Gasteiger partial charge in [-0.25, -0.2) is 4.79 Å². The number of cyclic esters (lactones) is 1. The van der Waals surface area contributed by atoms with E-state index in [9.17, 15) is 9.59 Å². The lowest BCUT2D eigenvalue weighted by Gasteiger charge is -2.17. The van der Waals surface area contributed by atoms with Gasteiger partial charge in [0, 0.05) is 5.56 Å². The van der Waals surface area contributed by atoms with Crippen molar-refractivity contribution in [3.8, 4) is 11.1 Å². The Labute approximate surface area is 162 Å². The average molecular weight is 370 g/mol. The van der Waals surface area contributed by atoms with Crippen molar-refractivity contribution in [2.75, 3.05) is 0 Å². The second-order valence-electron chi connectivity index (χ2n) is 7.23. The second-order valence-corrected chi connectivity index (χ2v) is 7.23. The van der Waals surface area contributed by atoms with E-state index in [1.165, 1.54) is 22.3 Å². The maximum atomic E-state index is 12.7. The fourth-order valence-electron chi connectivity index (χ4n) is 3.98. The van der Waals surface area contributed by atoms with Crippen LogP contribution in [0.1, 0.15) is 51.7 Å². The second kappa shape index (κ2) is 6.34. The summed E-state index contributed by atoms with van der Waals surface area (Å²) in [4.78, 5) is 24.6. The van der Waals surface area contributed by atoms with Gasteiger partial charge >= 0.3 is 11.9 Å². The summed E-state index contributed by atoms with van der Waals surface area (Å²) in [5.74, 6) is -1.33. The van der Waals surface area contributed by atoms with Crippen LogP contribution in [-0.2, 0) is 20.7 Å². The number of carbonyl (C=O) groups excluding carboxylic acids is 2. The first-order valence-corrected chi connectivity index (χ1v) is 9.33. The van der Waals surface area contributed by atoms with Gasteiger partial charge in [0.05, 0.1) is 11.5 Å². The minimum Gasteiger partial charge on any atom is -0.420 e. The largest absolute Gasteiger partial charge is 0.420 e. The summed E-state index contributed by atoms with van der Waals surface area (Å²) in [5.41, 5.74) is 6.94. The van der Waals surface area contributed by atoms with Crippen LogP contribution in [-0.4, -0.2) is 11.9 Å². The van der Waals surface area contributed by atoms with Crippen LogP contribution < -0.4 is 0 Å². The molecule has 0 bridgehead atoms. The molecule has 2 aliphatic rings. The van der Waals surface area contributed by atoms with E-state index in [2.05, 4.69) is 24.3 Å². The van der Waals surface area contributed by atoms with Crippen molar-refractivity contribution in [2.24, 2.45) is 0 Å². The van der Waals surface area contributed by atoms with Crippen molar-refractivity contribution < 1.29 is 19.1 Å². The van der Waals surface area contributed by atoms with Crippen LogP contribution in [0, 0.1) is 0 Å². The van der Waals surface area contributed by atoms with Crippen LogP contribution in [0.25, 0.3) is 11.1 Å². The molecular formula is C24H18O4. The summed E-state index contributed by atoms with van der Waals surface area (Å²) in [6, 6.07) is 21.5. The summed E-state index contributed by atoms with van der Waals surface area (Å²) in [6.45, 7) is 1.81. The maximum absolute atomic E-state index is 12.7. The number of hydrogen-bond donors (Lipinski definition) is 0. The van der Waals surface area contributed by atoms with Crippen LogP contribution in [0.3, 0.4) is 0 Å². The lowest BCUT2D eigenvalue weighted by Crippen LogP contribution is -2.17. The van der Waals surface area contributed by atoms with E-state index in [-0.39, 0.29) is 0 Å². The molecule has 1 aliphatic carbocycles. The van der Waals surface area contributed by atoms with Crippen molar-refractivity contribution in [3.05, 3.63) is 94.5 Å². The molecular weight excluding hydrogens is 352 g/mol. The van der Waals surface area contributed by atoms with E-state index in [4.69, 9.17) is 9.47 Å². The smallest absolute Gasteiger partial charge is 0.342 e. The van der Waals surface area contributed by atoms with Gasteiger partial charge in [0.2, 0.25) is 0 Å². The van der Waals surface area contributed by atoms with E-state index < -0.39 is 24.1 Å². The summed E-state index contributed by atoms with van der Waals surface area (Å²) in [5, 5.41) is 0. The Morgan fingerprint density at radius 1 is 0.964 bits per heavy atom. The summed E-state index contributed by atoms with van der Waals surface area (Å²) >= 11 is 0. The Hall–Kier alpha value is -3.40.